The predicted molar refractivity (Wildman–Crippen MR) is 83.7 cm³/mol. The number of ether oxygens (including phenoxy) is 1. The van der Waals surface area contributed by atoms with Gasteiger partial charge >= 0.3 is 0 Å². The summed E-state index contributed by atoms with van der Waals surface area (Å²) in [6, 6.07) is 7.70. The van der Waals surface area contributed by atoms with E-state index in [-0.39, 0.29) is 4.90 Å². The van der Waals surface area contributed by atoms with Gasteiger partial charge in [-0.3, -0.25) is 9.71 Å². The third-order valence-electron chi connectivity index (χ3n) is 2.54. The molecule has 112 valence electrons. The van der Waals surface area contributed by atoms with E-state index in [4.69, 9.17) is 10.5 Å². The molecule has 6 nitrogen and oxygen atoms in total. The molecule has 0 unspecified atom stereocenters. The molecule has 8 heteroatoms. The average Bonchev–Trinajstić information content (AvgIpc) is 2.48. The fourth-order valence-electron chi connectivity index (χ4n) is 1.55. The number of halogens is 1. The fourth-order valence-corrected chi connectivity index (χ4v) is 3.11. The van der Waals surface area contributed by atoms with Crippen LogP contribution in [0.4, 0.5) is 5.69 Å². The maximum absolute atomic E-state index is 12.3. The van der Waals surface area contributed by atoms with E-state index >= 15 is 0 Å². The molecular formula is C13H14BrN3O3S. The van der Waals surface area contributed by atoms with Gasteiger partial charge in [0.05, 0.1) is 15.1 Å². The molecule has 0 aliphatic heterocycles. The van der Waals surface area contributed by atoms with Crippen molar-refractivity contribution in [1.29, 1.82) is 0 Å². The molecule has 0 atom stereocenters. The zero-order chi connectivity index (χ0) is 15.3. The molecule has 2 rings (SSSR count). The molecule has 1 aromatic carbocycles. The second kappa shape index (κ2) is 6.88. The van der Waals surface area contributed by atoms with Gasteiger partial charge in [-0.2, -0.15) is 0 Å². The number of nitrogens with one attached hydrogen (secondary N) is 1. The van der Waals surface area contributed by atoms with Crippen LogP contribution in [0.3, 0.4) is 0 Å². The average molecular weight is 372 g/mol. The van der Waals surface area contributed by atoms with Crippen LogP contribution in [0.1, 0.15) is 0 Å². The van der Waals surface area contributed by atoms with Crippen molar-refractivity contribution in [2.24, 2.45) is 5.73 Å². The Hall–Kier alpha value is -1.64. The largest absolute Gasteiger partial charge is 0.492 e. The Morgan fingerprint density at radius 3 is 2.57 bits per heavy atom. The molecule has 1 heterocycles. The Morgan fingerprint density at radius 1 is 1.24 bits per heavy atom. The Balaban J connectivity index is 2.18. The summed E-state index contributed by atoms with van der Waals surface area (Å²) in [6.07, 6.45) is 3.02. The van der Waals surface area contributed by atoms with Crippen LogP contribution < -0.4 is 15.2 Å². The van der Waals surface area contributed by atoms with Gasteiger partial charge in [0.1, 0.15) is 12.4 Å². The van der Waals surface area contributed by atoms with E-state index in [1.54, 1.807) is 18.2 Å². The Labute approximate surface area is 131 Å². The summed E-state index contributed by atoms with van der Waals surface area (Å²) in [6.45, 7) is 0.784. The molecule has 0 fully saturated rings. The number of anilines is 1. The second-order valence-electron chi connectivity index (χ2n) is 4.07. The third kappa shape index (κ3) is 4.16. The lowest BCUT2D eigenvalue weighted by Gasteiger charge is -2.10. The van der Waals surface area contributed by atoms with Crippen molar-refractivity contribution in [3.63, 3.8) is 0 Å². The van der Waals surface area contributed by atoms with Crippen molar-refractivity contribution in [2.75, 3.05) is 17.9 Å². The highest BCUT2D eigenvalue weighted by atomic mass is 79.9. The topological polar surface area (TPSA) is 94.3 Å². The monoisotopic (exact) mass is 371 g/mol. The maximum Gasteiger partial charge on any atom is 0.261 e. The van der Waals surface area contributed by atoms with Crippen LogP contribution in [0.5, 0.6) is 5.75 Å². The number of pyridine rings is 1. The summed E-state index contributed by atoms with van der Waals surface area (Å²) in [7, 11) is -3.66. The van der Waals surface area contributed by atoms with Crippen LogP contribution in [0.25, 0.3) is 0 Å². The number of hydrogen-bond acceptors (Lipinski definition) is 5. The van der Waals surface area contributed by atoms with Gasteiger partial charge < -0.3 is 10.5 Å². The highest BCUT2D eigenvalue weighted by Crippen LogP contribution is 2.24. The molecule has 0 aliphatic rings. The molecule has 2 aromatic rings. The summed E-state index contributed by atoms with van der Waals surface area (Å²) in [4.78, 5) is 4.02. The lowest BCUT2D eigenvalue weighted by Crippen LogP contribution is -2.13. The standard InChI is InChI=1S/C13H14BrN3O3S/c14-12-9-16-7-5-13(12)17-21(18,19)11-3-1-10(2-4-11)20-8-6-15/h1-5,7,9H,6,8,15H2,(H,16,17). The second-order valence-corrected chi connectivity index (χ2v) is 6.61. The van der Waals surface area contributed by atoms with Gasteiger partial charge in [0.25, 0.3) is 10.0 Å². The summed E-state index contributed by atoms with van der Waals surface area (Å²) in [5, 5.41) is 0. The van der Waals surface area contributed by atoms with E-state index in [9.17, 15) is 8.42 Å². The number of aromatic nitrogens is 1. The SMILES string of the molecule is NCCOc1ccc(S(=O)(=O)Nc2ccncc2Br)cc1. The first-order valence-corrected chi connectivity index (χ1v) is 8.36. The predicted octanol–water partition coefficient (Wildman–Crippen LogP) is 1.98. The van der Waals surface area contributed by atoms with Crippen LogP contribution in [0, 0.1) is 0 Å². The first-order chi connectivity index (χ1) is 10.0. The van der Waals surface area contributed by atoms with Gasteiger partial charge in [0.2, 0.25) is 0 Å². The summed E-state index contributed by atoms with van der Waals surface area (Å²) in [5.41, 5.74) is 5.76. The quantitative estimate of drug-likeness (QED) is 0.809. The van der Waals surface area contributed by atoms with Crippen molar-refractivity contribution in [3.8, 4) is 5.75 Å². The highest BCUT2D eigenvalue weighted by Gasteiger charge is 2.15. The molecular weight excluding hydrogens is 358 g/mol. The Morgan fingerprint density at radius 2 is 1.95 bits per heavy atom. The molecule has 1 aromatic heterocycles. The number of nitrogens with zero attached hydrogens (tertiary/aromatic N) is 1. The molecule has 0 spiro atoms. The summed E-state index contributed by atoms with van der Waals surface area (Å²) in [5.74, 6) is 0.574. The Bertz CT molecular complexity index is 705. The third-order valence-corrected chi connectivity index (χ3v) is 4.55. The number of rotatable bonds is 6. The van der Waals surface area contributed by atoms with E-state index in [2.05, 4.69) is 25.6 Å². The van der Waals surface area contributed by atoms with Crippen molar-refractivity contribution in [1.82, 2.24) is 4.98 Å². The normalized spacial score (nSPS) is 11.1. The molecule has 0 aliphatic carbocycles. The number of hydrogen-bond donors (Lipinski definition) is 2. The zero-order valence-corrected chi connectivity index (χ0v) is 13.4. The number of sulfonamides is 1. The van der Waals surface area contributed by atoms with Crippen LogP contribution in [-0.4, -0.2) is 26.6 Å². The van der Waals surface area contributed by atoms with Crippen molar-refractivity contribution >= 4 is 31.6 Å². The van der Waals surface area contributed by atoms with Crippen LogP contribution in [0.15, 0.2) is 52.1 Å². The van der Waals surface area contributed by atoms with Gasteiger partial charge in [-0.15, -0.1) is 0 Å². The minimum Gasteiger partial charge on any atom is -0.492 e. The van der Waals surface area contributed by atoms with Gasteiger partial charge in [0, 0.05) is 18.9 Å². The van der Waals surface area contributed by atoms with Gasteiger partial charge in [-0.1, -0.05) is 0 Å². The number of benzene rings is 1. The number of nitrogens with two attached hydrogens (primary N) is 1. The zero-order valence-electron chi connectivity index (χ0n) is 11.0. The van der Waals surface area contributed by atoms with Crippen molar-refractivity contribution < 1.29 is 13.2 Å². The molecule has 3 N–H and O–H groups in total. The van der Waals surface area contributed by atoms with Crippen LogP contribution in [-0.2, 0) is 10.0 Å². The fraction of sp³-hybridized carbons (Fsp3) is 0.154. The molecule has 0 saturated carbocycles. The minimum atomic E-state index is -3.66. The lowest BCUT2D eigenvalue weighted by molar-refractivity contribution is 0.328. The molecule has 0 radical (unpaired) electrons. The van der Waals surface area contributed by atoms with Crippen LogP contribution >= 0.6 is 15.9 Å². The van der Waals surface area contributed by atoms with Gasteiger partial charge in [0.15, 0.2) is 0 Å². The van der Waals surface area contributed by atoms with E-state index in [1.165, 1.54) is 24.5 Å². The van der Waals surface area contributed by atoms with E-state index in [0.29, 0.717) is 29.1 Å². The maximum atomic E-state index is 12.3. The van der Waals surface area contributed by atoms with Crippen molar-refractivity contribution in [2.45, 2.75) is 4.90 Å². The molecule has 21 heavy (non-hydrogen) atoms. The molecule has 0 bridgehead atoms. The van der Waals surface area contributed by atoms with E-state index in [1.807, 2.05) is 0 Å². The smallest absolute Gasteiger partial charge is 0.261 e. The minimum absolute atomic E-state index is 0.145. The molecule has 0 saturated heterocycles. The highest BCUT2D eigenvalue weighted by molar-refractivity contribution is 9.10. The van der Waals surface area contributed by atoms with Gasteiger partial charge in [-0.25, -0.2) is 8.42 Å². The van der Waals surface area contributed by atoms with Crippen molar-refractivity contribution in [3.05, 3.63) is 47.2 Å². The van der Waals surface area contributed by atoms with Crippen LogP contribution in [0.2, 0.25) is 0 Å². The summed E-state index contributed by atoms with van der Waals surface area (Å²) >= 11 is 3.24. The van der Waals surface area contributed by atoms with E-state index in [0.717, 1.165) is 0 Å². The first-order valence-electron chi connectivity index (χ1n) is 6.08. The van der Waals surface area contributed by atoms with E-state index < -0.39 is 10.0 Å². The lowest BCUT2D eigenvalue weighted by atomic mass is 10.3. The summed E-state index contributed by atoms with van der Waals surface area (Å²) < 4.78 is 32.9. The Kier molecular flexibility index (Phi) is 5.16. The van der Waals surface area contributed by atoms with Gasteiger partial charge in [-0.05, 0) is 46.3 Å². The first kappa shape index (κ1) is 15.7. The molecule has 0 amide bonds.